The van der Waals surface area contributed by atoms with Crippen LogP contribution in [0.25, 0.3) is 6.08 Å². The molecule has 2 aliphatic rings. The minimum atomic E-state index is -2.91. The van der Waals surface area contributed by atoms with Crippen LogP contribution in [0, 0.1) is 5.92 Å². The zero-order chi connectivity index (χ0) is 22.0. The number of hydrogen-bond donors (Lipinski definition) is 2. The molecule has 164 valence electrons. The van der Waals surface area contributed by atoms with E-state index >= 15 is 0 Å². The largest absolute Gasteiger partial charge is 0.329 e. The Morgan fingerprint density at radius 2 is 2.13 bits per heavy atom. The maximum atomic E-state index is 14.6. The molecule has 0 aromatic carbocycles. The third kappa shape index (κ3) is 5.25. The molecule has 2 N–H and O–H groups in total. The average molecular weight is 428 g/mol. The summed E-state index contributed by atoms with van der Waals surface area (Å²) in [5.41, 5.74) is 0.993. The van der Waals surface area contributed by atoms with E-state index in [-0.39, 0.29) is 31.0 Å². The molecule has 1 unspecified atom stereocenters. The van der Waals surface area contributed by atoms with E-state index in [1.54, 1.807) is 24.1 Å². The van der Waals surface area contributed by atoms with Crippen molar-refractivity contribution in [2.45, 2.75) is 44.1 Å². The number of rotatable bonds is 6. The zero-order valence-electron chi connectivity index (χ0n) is 17.4. The molecular formula is C23H26F2N4O2. The van der Waals surface area contributed by atoms with Gasteiger partial charge in [-0.05, 0) is 48.9 Å². The fourth-order valence-corrected chi connectivity index (χ4v) is 3.78. The van der Waals surface area contributed by atoms with E-state index in [0.717, 1.165) is 5.56 Å². The lowest BCUT2D eigenvalue weighted by Gasteiger charge is -2.40. The van der Waals surface area contributed by atoms with Crippen molar-refractivity contribution in [3.05, 3.63) is 64.2 Å². The summed E-state index contributed by atoms with van der Waals surface area (Å²) in [6, 6.07) is 5.70. The Morgan fingerprint density at radius 1 is 1.32 bits per heavy atom. The van der Waals surface area contributed by atoms with Gasteiger partial charge in [0, 0.05) is 38.0 Å². The molecule has 0 bridgehead atoms. The van der Waals surface area contributed by atoms with Crippen molar-refractivity contribution in [1.82, 2.24) is 14.9 Å². The summed E-state index contributed by atoms with van der Waals surface area (Å²) in [6.45, 7) is 1.83. The number of amides is 1. The summed E-state index contributed by atoms with van der Waals surface area (Å²) in [5, 5.41) is 2.78. The molecule has 4 rings (SSSR count). The lowest BCUT2D eigenvalue weighted by atomic mass is 9.87. The molecule has 1 aliphatic heterocycles. The van der Waals surface area contributed by atoms with Gasteiger partial charge in [-0.3, -0.25) is 14.5 Å². The van der Waals surface area contributed by atoms with Gasteiger partial charge in [0.25, 0.3) is 5.92 Å². The van der Waals surface area contributed by atoms with Gasteiger partial charge in [-0.15, -0.1) is 0 Å². The Balaban J connectivity index is 1.39. The average Bonchev–Trinajstić information content (AvgIpc) is 3.58. The fraction of sp³-hybridized carbons (Fsp3) is 0.435. The van der Waals surface area contributed by atoms with Crippen molar-refractivity contribution in [3.8, 4) is 0 Å². The number of hydrogen-bond acceptors (Lipinski definition) is 4. The van der Waals surface area contributed by atoms with E-state index in [9.17, 15) is 18.4 Å². The number of alkyl halides is 2. The maximum absolute atomic E-state index is 14.6. The molecule has 2 atom stereocenters. The summed E-state index contributed by atoms with van der Waals surface area (Å²) in [4.78, 5) is 32.5. The number of pyridine rings is 2. The quantitative estimate of drug-likeness (QED) is 0.736. The molecule has 1 aliphatic carbocycles. The number of aromatic nitrogens is 2. The topological polar surface area (TPSA) is 78.1 Å². The maximum Gasteiger partial charge on any atom is 0.257 e. The first-order chi connectivity index (χ1) is 14.8. The van der Waals surface area contributed by atoms with Crippen LogP contribution in [-0.2, 0) is 4.79 Å². The van der Waals surface area contributed by atoms with Gasteiger partial charge in [0.15, 0.2) is 0 Å². The van der Waals surface area contributed by atoms with Crippen molar-refractivity contribution in [1.29, 1.82) is 0 Å². The summed E-state index contributed by atoms with van der Waals surface area (Å²) in [7, 11) is 0. The van der Waals surface area contributed by atoms with Gasteiger partial charge in [0.05, 0.1) is 12.0 Å². The van der Waals surface area contributed by atoms with E-state index < -0.39 is 17.9 Å². The zero-order valence-corrected chi connectivity index (χ0v) is 17.4. The molecule has 6 nitrogen and oxygen atoms in total. The monoisotopic (exact) mass is 428 g/mol. The Labute approximate surface area is 179 Å². The van der Waals surface area contributed by atoms with Crippen LogP contribution in [0.5, 0.6) is 0 Å². The van der Waals surface area contributed by atoms with Crippen molar-refractivity contribution < 1.29 is 13.6 Å². The number of nitrogens with zero attached hydrogens (tertiary/aromatic N) is 2. The van der Waals surface area contributed by atoms with E-state index in [4.69, 9.17) is 0 Å². The number of allylic oxidation sites excluding steroid dienone is 1. The molecule has 1 amide bonds. The minimum absolute atomic E-state index is 0.0198. The molecule has 2 aromatic rings. The van der Waals surface area contributed by atoms with Crippen LogP contribution in [0.2, 0.25) is 0 Å². The molecular weight excluding hydrogens is 402 g/mol. The summed E-state index contributed by atoms with van der Waals surface area (Å²) in [5.74, 6) is -3.18. The Morgan fingerprint density at radius 3 is 2.77 bits per heavy atom. The van der Waals surface area contributed by atoms with Crippen LogP contribution < -0.4 is 10.9 Å². The van der Waals surface area contributed by atoms with Crippen molar-refractivity contribution in [3.63, 3.8) is 0 Å². The number of anilines is 1. The van der Waals surface area contributed by atoms with Crippen LogP contribution in [0.1, 0.15) is 43.2 Å². The number of likely N-dealkylation sites (tertiary alicyclic amines) is 1. The predicted octanol–water partition coefficient (Wildman–Crippen LogP) is 3.64. The van der Waals surface area contributed by atoms with Crippen molar-refractivity contribution in [2.75, 3.05) is 18.4 Å². The van der Waals surface area contributed by atoms with Crippen molar-refractivity contribution >= 4 is 17.8 Å². The van der Waals surface area contributed by atoms with E-state index in [2.05, 4.69) is 21.4 Å². The number of piperidine rings is 1. The lowest BCUT2D eigenvalue weighted by Crippen LogP contribution is -2.52. The SMILES string of the molecule is CC(C(=O)Nc1ccc(/C=C\C2CC2)cn1)N1CCC(F)(F)[C@@H](c2ccc(=O)[nH]c2)C1. The highest BCUT2D eigenvalue weighted by atomic mass is 19.3. The molecule has 0 radical (unpaired) electrons. The highest BCUT2D eigenvalue weighted by Gasteiger charge is 2.46. The molecule has 1 saturated heterocycles. The molecule has 8 heteroatoms. The molecule has 3 heterocycles. The Bertz CT molecular complexity index is 994. The lowest BCUT2D eigenvalue weighted by molar-refractivity contribution is -0.125. The highest BCUT2D eigenvalue weighted by molar-refractivity contribution is 5.93. The fourth-order valence-electron chi connectivity index (χ4n) is 3.78. The van der Waals surface area contributed by atoms with Crippen LogP contribution in [0.15, 0.2) is 47.5 Å². The van der Waals surface area contributed by atoms with Gasteiger partial charge in [0.2, 0.25) is 11.5 Å². The smallest absolute Gasteiger partial charge is 0.257 e. The third-order valence-corrected chi connectivity index (χ3v) is 6.02. The van der Waals surface area contributed by atoms with Gasteiger partial charge in [0.1, 0.15) is 5.82 Å². The van der Waals surface area contributed by atoms with E-state index in [0.29, 0.717) is 17.3 Å². The first-order valence-electron chi connectivity index (χ1n) is 10.6. The predicted molar refractivity (Wildman–Crippen MR) is 115 cm³/mol. The van der Waals surface area contributed by atoms with E-state index in [1.807, 2.05) is 12.1 Å². The highest BCUT2D eigenvalue weighted by Crippen LogP contribution is 2.40. The van der Waals surface area contributed by atoms with Gasteiger partial charge in [-0.2, -0.15) is 0 Å². The second-order valence-corrected chi connectivity index (χ2v) is 8.38. The Kier molecular flexibility index (Phi) is 6.00. The van der Waals surface area contributed by atoms with Gasteiger partial charge in [-0.25, -0.2) is 13.8 Å². The molecule has 31 heavy (non-hydrogen) atoms. The number of halogens is 2. The first kappa shape index (κ1) is 21.4. The molecule has 2 aromatic heterocycles. The van der Waals surface area contributed by atoms with Crippen LogP contribution in [0.3, 0.4) is 0 Å². The summed E-state index contributed by atoms with van der Waals surface area (Å²) in [6.07, 6.45) is 9.36. The van der Waals surface area contributed by atoms with Crippen molar-refractivity contribution in [2.24, 2.45) is 5.92 Å². The second-order valence-electron chi connectivity index (χ2n) is 8.38. The number of carbonyl (C=O) groups excluding carboxylic acids is 1. The van der Waals surface area contributed by atoms with Gasteiger partial charge in [-0.1, -0.05) is 18.2 Å². The van der Waals surface area contributed by atoms with Crippen LogP contribution in [0.4, 0.5) is 14.6 Å². The molecule has 2 fully saturated rings. The number of aromatic amines is 1. The van der Waals surface area contributed by atoms with Crippen LogP contribution >= 0.6 is 0 Å². The van der Waals surface area contributed by atoms with E-state index in [1.165, 1.54) is 31.2 Å². The number of carbonyl (C=O) groups is 1. The first-order valence-corrected chi connectivity index (χ1v) is 10.6. The normalized spacial score (nSPS) is 22.4. The number of nitrogens with one attached hydrogen (secondary N) is 2. The van der Waals surface area contributed by atoms with Gasteiger partial charge >= 0.3 is 0 Å². The molecule has 1 saturated carbocycles. The Hall–Kier alpha value is -2.87. The summed E-state index contributed by atoms with van der Waals surface area (Å²) < 4.78 is 29.1. The van der Waals surface area contributed by atoms with Gasteiger partial charge < -0.3 is 10.3 Å². The minimum Gasteiger partial charge on any atom is -0.329 e. The third-order valence-electron chi connectivity index (χ3n) is 6.02. The number of H-pyrrole nitrogens is 1. The standard InChI is InChI=1S/C23H26F2N4O2/c1-15(22(31)28-20-8-6-17(12-26-20)5-4-16-2-3-16)29-11-10-23(24,25)19(14-29)18-7-9-21(30)27-13-18/h4-9,12-13,15-16,19H,2-3,10-11,14H2,1H3,(H,27,30)(H,26,28,31)/b5-4-/t15?,19-/m1/s1. The van der Waals surface area contributed by atoms with Crippen LogP contribution in [-0.4, -0.2) is 45.8 Å². The summed E-state index contributed by atoms with van der Waals surface area (Å²) >= 11 is 0. The molecule has 0 spiro atoms. The second kappa shape index (κ2) is 8.70.